The van der Waals surface area contributed by atoms with Gasteiger partial charge in [-0.15, -0.1) is 0 Å². The van der Waals surface area contributed by atoms with Gasteiger partial charge in [0.05, 0.1) is 34.5 Å². The molecule has 0 N–H and O–H groups in total. The fraction of sp³-hybridized carbons (Fsp3) is 0.364. The van der Waals surface area contributed by atoms with Crippen LogP contribution < -0.4 is 5.69 Å². The largest absolute Gasteiger partial charge is 0.406 e. The second-order valence-electron chi connectivity index (χ2n) is 8.35. The van der Waals surface area contributed by atoms with Crippen LogP contribution in [0.5, 0.6) is 0 Å². The van der Waals surface area contributed by atoms with E-state index in [1.54, 1.807) is 37.5 Å². The molecule has 0 fully saturated rings. The molecule has 12 heteroatoms. The van der Waals surface area contributed by atoms with Crippen molar-refractivity contribution in [3.05, 3.63) is 62.9 Å². The first-order valence-electron chi connectivity index (χ1n) is 10.4. The van der Waals surface area contributed by atoms with E-state index in [1.165, 1.54) is 16.9 Å². The van der Waals surface area contributed by atoms with Gasteiger partial charge in [0.15, 0.2) is 0 Å². The maximum absolute atomic E-state index is 13.2. The maximum atomic E-state index is 13.2. The molecule has 4 aromatic rings. The van der Waals surface area contributed by atoms with Crippen molar-refractivity contribution in [3.63, 3.8) is 0 Å². The van der Waals surface area contributed by atoms with E-state index in [0.717, 1.165) is 21.0 Å². The van der Waals surface area contributed by atoms with Gasteiger partial charge < -0.3 is 4.57 Å². The summed E-state index contributed by atoms with van der Waals surface area (Å²) in [6.07, 6.45) is 0.208. The number of imidazole rings is 1. The van der Waals surface area contributed by atoms with Gasteiger partial charge in [-0.1, -0.05) is 6.07 Å². The Morgan fingerprint density at radius 1 is 1.06 bits per heavy atom. The van der Waals surface area contributed by atoms with Gasteiger partial charge in [0.2, 0.25) is 0 Å². The van der Waals surface area contributed by atoms with Crippen LogP contribution in [0.3, 0.4) is 0 Å². The Labute approximate surface area is 201 Å². The van der Waals surface area contributed by atoms with E-state index in [4.69, 9.17) is 0 Å². The van der Waals surface area contributed by atoms with Crippen LogP contribution in [0.4, 0.5) is 13.2 Å². The minimum atomic E-state index is -4.55. The van der Waals surface area contributed by atoms with E-state index in [2.05, 4.69) is 20.9 Å². The van der Waals surface area contributed by atoms with Gasteiger partial charge in [-0.25, -0.2) is 13.2 Å². The second-order valence-corrected chi connectivity index (χ2v) is 11.4. The van der Waals surface area contributed by atoms with Gasteiger partial charge in [-0.05, 0) is 53.0 Å². The highest BCUT2D eigenvalue weighted by molar-refractivity contribution is 9.10. The molecule has 0 bridgehead atoms. The Bertz CT molecular complexity index is 1550. The predicted molar refractivity (Wildman–Crippen MR) is 128 cm³/mol. The quantitative estimate of drug-likeness (QED) is 0.339. The van der Waals surface area contributed by atoms with Crippen molar-refractivity contribution in [2.75, 3.05) is 12.0 Å². The first-order chi connectivity index (χ1) is 15.9. The monoisotopic (exact) mass is 558 g/mol. The van der Waals surface area contributed by atoms with Crippen LogP contribution in [-0.2, 0) is 29.5 Å². The molecule has 182 valence electrons. The molecule has 0 amide bonds. The van der Waals surface area contributed by atoms with Crippen LogP contribution in [0.1, 0.15) is 17.7 Å². The molecular formula is C22H22BrF3N4O3S. The van der Waals surface area contributed by atoms with Crippen molar-refractivity contribution >= 4 is 47.7 Å². The molecule has 4 rings (SSSR count). The van der Waals surface area contributed by atoms with Crippen molar-refractivity contribution in [2.45, 2.75) is 39.2 Å². The predicted octanol–water partition coefficient (Wildman–Crippen LogP) is 4.27. The summed E-state index contributed by atoms with van der Waals surface area (Å²) in [5.41, 5.74) is 2.07. The summed E-state index contributed by atoms with van der Waals surface area (Å²) >= 11 is 3.57. The summed E-state index contributed by atoms with van der Waals surface area (Å²) in [6.45, 7) is 0.765. The lowest BCUT2D eigenvalue weighted by Gasteiger charge is -2.12. The third kappa shape index (κ3) is 4.92. The molecule has 0 aliphatic carbocycles. The number of fused-ring (bicyclic) bond motifs is 2. The molecule has 0 saturated carbocycles. The molecule has 0 aliphatic heterocycles. The number of nitrogens with zero attached hydrogens (tertiary/aromatic N) is 4. The van der Waals surface area contributed by atoms with Gasteiger partial charge in [0.25, 0.3) is 0 Å². The molecule has 0 spiro atoms. The van der Waals surface area contributed by atoms with Crippen molar-refractivity contribution in [1.82, 2.24) is 18.7 Å². The highest BCUT2D eigenvalue weighted by atomic mass is 79.9. The van der Waals surface area contributed by atoms with E-state index in [-0.39, 0.29) is 17.8 Å². The average Bonchev–Trinajstić information content (AvgIpc) is 3.13. The fourth-order valence-electron chi connectivity index (χ4n) is 4.17. The van der Waals surface area contributed by atoms with Gasteiger partial charge in [0, 0.05) is 35.1 Å². The van der Waals surface area contributed by atoms with E-state index in [0.29, 0.717) is 28.6 Å². The van der Waals surface area contributed by atoms with Crippen molar-refractivity contribution in [2.24, 2.45) is 0 Å². The number of hydrogen-bond donors (Lipinski definition) is 0. The van der Waals surface area contributed by atoms with Crippen LogP contribution >= 0.6 is 15.9 Å². The highest BCUT2D eigenvalue weighted by Gasteiger charge is 2.31. The van der Waals surface area contributed by atoms with Crippen molar-refractivity contribution < 1.29 is 21.6 Å². The van der Waals surface area contributed by atoms with E-state index in [1.807, 2.05) is 4.57 Å². The summed E-state index contributed by atoms with van der Waals surface area (Å²) in [5, 5.41) is 0.764. The molecule has 3 heterocycles. The van der Waals surface area contributed by atoms with Crippen LogP contribution in [0.15, 0.2) is 45.9 Å². The number of benzene rings is 1. The zero-order valence-corrected chi connectivity index (χ0v) is 20.8. The molecule has 0 aliphatic rings. The third-order valence-corrected chi connectivity index (χ3v) is 7.54. The Kier molecular flexibility index (Phi) is 6.40. The topological polar surface area (TPSA) is 78.9 Å². The van der Waals surface area contributed by atoms with Crippen LogP contribution in [0.2, 0.25) is 0 Å². The molecule has 0 radical (unpaired) electrons. The van der Waals surface area contributed by atoms with E-state index in [9.17, 15) is 26.4 Å². The second kappa shape index (κ2) is 8.88. The number of hydrogen-bond acceptors (Lipinski definition) is 4. The fourth-order valence-corrected chi connectivity index (χ4v) is 5.47. The number of alkyl halides is 3. The number of sulfone groups is 1. The normalized spacial score (nSPS) is 12.8. The lowest BCUT2D eigenvalue weighted by Crippen LogP contribution is -2.30. The van der Waals surface area contributed by atoms with Gasteiger partial charge in [-0.3, -0.25) is 14.1 Å². The number of aromatic nitrogens is 4. The molecule has 0 saturated heterocycles. The van der Waals surface area contributed by atoms with E-state index < -0.39 is 28.2 Å². The van der Waals surface area contributed by atoms with Gasteiger partial charge in [-0.2, -0.15) is 13.2 Å². The number of aryl methyl sites for hydroxylation is 2. The first-order valence-corrected chi connectivity index (χ1v) is 13.3. The van der Waals surface area contributed by atoms with Gasteiger partial charge in [0.1, 0.15) is 16.4 Å². The van der Waals surface area contributed by atoms with Crippen LogP contribution in [0, 0.1) is 6.92 Å². The molecular weight excluding hydrogens is 537 g/mol. The van der Waals surface area contributed by atoms with Crippen molar-refractivity contribution in [1.29, 1.82) is 0 Å². The summed E-state index contributed by atoms with van der Waals surface area (Å²) in [4.78, 5) is 17.3. The molecule has 3 aromatic heterocycles. The zero-order chi connectivity index (χ0) is 24.8. The first kappa shape index (κ1) is 24.5. The third-order valence-electron chi connectivity index (χ3n) is 5.62. The number of rotatable bonds is 7. The Morgan fingerprint density at radius 2 is 1.79 bits per heavy atom. The minimum Gasteiger partial charge on any atom is -0.342 e. The molecule has 7 nitrogen and oxygen atoms in total. The summed E-state index contributed by atoms with van der Waals surface area (Å²) < 4.78 is 67.6. The Hall–Kier alpha value is -2.60. The summed E-state index contributed by atoms with van der Waals surface area (Å²) in [6, 6.07) is 6.66. The molecule has 0 unspecified atom stereocenters. The molecule has 34 heavy (non-hydrogen) atoms. The lowest BCUT2D eigenvalue weighted by atomic mass is 10.2. The van der Waals surface area contributed by atoms with Crippen LogP contribution in [-0.4, -0.2) is 45.3 Å². The number of halogens is 4. The summed E-state index contributed by atoms with van der Waals surface area (Å²) in [5.74, 6) is -0.0150. The molecule has 1 aromatic carbocycles. The van der Waals surface area contributed by atoms with Gasteiger partial charge >= 0.3 is 11.9 Å². The average molecular weight is 559 g/mol. The van der Waals surface area contributed by atoms with Crippen LogP contribution in [0.25, 0.3) is 21.9 Å². The minimum absolute atomic E-state index is 0.00220. The summed E-state index contributed by atoms with van der Waals surface area (Å²) in [7, 11) is -3.17. The standard InChI is InChI=1S/C22H22BrF3N4O3S/c1-14-4-5-17-18(10-14)29(21(31)30(17)13-22(24,25)26)12-19-20(23)15-11-27-7-6-16(15)28(19)8-3-9-34(2,32)33/h4-7,10-11H,3,8-9,12-13H2,1-2H3. The molecule has 0 atom stereocenters. The zero-order valence-electron chi connectivity index (χ0n) is 18.4. The Balaban J connectivity index is 1.87. The van der Waals surface area contributed by atoms with E-state index >= 15 is 0 Å². The Morgan fingerprint density at radius 3 is 2.47 bits per heavy atom. The highest BCUT2D eigenvalue weighted by Crippen LogP contribution is 2.32. The number of pyridine rings is 1. The maximum Gasteiger partial charge on any atom is 0.406 e. The smallest absolute Gasteiger partial charge is 0.342 e. The lowest BCUT2D eigenvalue weighted by molar-refractivity contribution is -0.140. The van der Waals surface area contributed by atoms with Crippen molar-refractivity contribution in [3.8, 4) is 0 Å². The SMILES string of the molecule is Cc1ccc2c(c1)n(Cc1c(Br)c3cnccc3n1CCCS(C)(=O)=O)c(=O)n2CC(F)(F)F.